The summed E-state index contributed by atoms with van der Waals surface area (Å²) in [5.41, 5.74) is 0. The predicted octanol–water partition coefficient (Wildman–Crippen LogP) is 1.92. The molecule has 0 radical (unpaired) electrons. The number of hydrogen-bond donors (Lipinski definition) is 2. The smallest absolute Gasteiger partial charge is 0.320 e. The third-order valence-corrected chi connectivity index (χ3v) is 4.01. The highest BCUT2D eigenvalue weighted by atomic mass is 16.4. The molecule has 21 heavy (non-hydrogen) atoms. The number of aliphatic hydroxyl groups excluding tert-OH is 1. The number of rotatable bonds is 8. The molecule has 0 heterocycles. The molecule has 1 rings (SSSR count). The fourth-order valence-electron chi connectivity index (χ4n) is 2.90. The van der Waals surface area contributed by atoms with Crippen LogP contribution in [-0.4, -0.2) is 63.8 Å². The van der Waals surface area contributed by atoms with E-state index < -0.39 is 5.97 Å². The lowest BCUT2D eigenvalue weighted by Gasteiger charge is -2.36. The fraction of sp³-hybridized carbons (Fsp3) is 0.867. The standard InChI is InChI=1S/C15H28N2O4/c1-12(2)16(9-5-8-14(19)20)15(21)17(10-11-18)13-6-3-4-7-13/h12-13,18H,3-11H2,1-2H3,(H,19,20). The van der Waals surface area contributed by atoms with E-state index in [1.165, 1.54) is 0 Å². The van der Waals surface area contributed by atoms with E-state index in [0.29, 0.717) is 19.5 Å². The number of carboxylic acids is 1. The summed E-state index contributed by atoms with van der Waals surface area (Å²) in [7, 11) is 0. The first-order valence-electron chi connectivity index (χ1n) is 7.87. The summed E-state index contributed by atoms with van der Waals surface area (Å²) in [4.78, 5) is 26.8. The summed E-state index contributed by atoms with van der Waals surface area (Å²) in [6.07, 6.45) is 4.76. The van der Waals surface area contributed by atoms with Crippen LogP contribution in [0.3, 0.4) is 0 Å². The summed E-state index contributed by atoms with van der Waals surface area (Å²) in [6.45, 7) is 4.63. The molecule has 6 heteroatoms. The van der Waals surface area contributed by atoms with Crippen LogP contribution < -0.4 is 0 Å². The van der Waals surface area contributed by atoms with Crippen molar-refractivity contribution in [2.75, 3.05) is 19.7 Å². The van der Waals surface area contributed by atoms with Crippen molar-refractivity contribution in [2.45, 2.75) is 64.5 Å². The van der Waals surface area contributed by atoms with Gasteiger partial charge in [-0.3, -0.25) is 4.79 Å². The largest absolute Gasteiger partial charge is 0.481 e. The van der Waals surface area contributed by atoms with Crippen LogP contribution in [0.5, 0.6) is 0 Å². The molecule has 0 saturated heterocycles. The molecule has 6 nitrogen and oxygen atoms in total. The summed E-state index contributed by atoms with van der Waals surface area (Å²) >= 11 is 0. The van der Waals surface area contributed by atoms with Crippen molar-refractivity contribution in [3.8, 4) is 0 Å². The van der Waals surface area contributed by atoms with E-state index in [9.17, 15) is 14.7 Å². The van der Waals surface area contributed by atoms with Crippen molar-refractivity contribution < 1.29 is 19.8 Å². The van der Waals surface area contributed by atoms with Gasteiger partial charge in [0.2, 0.25) is 0 Å². The van der Waals surface area contributed by atoms with Crippen LogP contribution in [0.2, 0.25) is 0 Å². The van der Waals surface area contributed by atoms with E-state index >= 15 is 0 Å². The molecule has 0 bridgehead atoms. The summed E-state index contributed by atoms with van der Waals surface area (Å²) in [6, 6.07) is 0.163. The highest BCUT2D eigenvalue weighted by Crippen LogP contribution is 2.24. The Hall–Kier alpha value is -1.30. The maximum atomic E-state index is 12.7. The van der Waals surface area contributed by atoms with Crippen molar-refractivity contribution in [1.29, 1.82) is 0 Å². The van der Waals surface area contributed by atoms with E-state index in [2.05, 4.69) is 0 Å². The maximum absolute atomic E-state index is 12.7. The zero-order valence-corrected chi connectivity index (χ0v) is 13.1. The minimum Gasteiger partial charge on any atom is -0.481 e. The number of carbonyl (C=O) groups is 2. The van der Waals surface area contributed by atoms with Crippen LogP contribution in [0.15, 0.2) is 0 Å². The van der Waals surface area contributed by atoms with Gasteiger partial charge in [-0.15, -0.1) is 0 Å². The number of hydrogen-bond acceptors (Lipinski definition) is 3. The average molecular weight is 300 g/mol. The van der Waals surface area contributed by atoms with Crippen molar-refractivity contribution in [2.24, 2.45) is 0 Å². The molecular formula is C15H28N2O4. The van der Waals surface area contributed by atoms with Gasteiger partial charge in [-0.1, -0.05) is 12.8 Å². The molecule has 1 saturated carbocycles. The van der Waals surface area contributed by atoms with E-state index in [-0.39, 0.29) is 31.1 Å². The zero-order valence-electron chi connectivity index (χ0n) is 13.1. The summed E-state index contributed by atoms with van der Waals surface area (Å²) in [5, 5.41) is 17.9. The molecule has 1 fully saturated rings. The first kappa shape index (κ1) is 17.8. The molecular weight excluding hydrogens is 272 g/mol. The Bertz CT molecular complexity index is 341. The third kappa shape index (κ3) is 5.53. The van der Waals surface area contributed by atoms with Crippen LogP contribution in [0.25, 0.3) is 0 Å². The van der Waals surface area contributed by atoms with Gasteiger partial charge in [-0.05, 0) is 33.1 Å². The number of carbonyl (C=O) groups excluding carboxylic acids is 1. The van der Waals surface area contributed by atoms with Crippen molar-refractivity contribution in [3.05, 3.63) is 0 Å². The number of nitrogens with zero attached hydrogens (tertiary/aromatic N) is 2. The monoisotopic (exact) mass is 300 g/mol. The highest BCUT2D eigenvalue weighted by Gasteiger charge is 2.30. The van der Waals surface area contributed by atoms with Gasteiger partial charge < -0.3 is 20.0 Å². The quantitative estimate of drug-likeness (QED) is 0.717. The van der Waals surface area contributed by atoms with Crippen molar-refractivity contribution in [3.63, 3.8) is 0 Å². The molecule has 2 amide bonds. The summed E-state index contributed by atoms with van der Waals surface area (Å²) in [5.74, 6) is -0.839. The Balaban J connectivity index is 2.68. The Morgan fingerprint density at radius 3 is 2.29 bits per heavy atom. The zero-order chi connectivity index (χ0) is 15.8. The van der Waals surface area contributed by atoms with Gasteiger partial charge in [-0.2, -0.15) is 0 Å². The minimum absolute atomic E-state index is 0.0221. The Kier molecular flexibility index (Phi) is 7.50. The van der Waals surface area contributed by atoms with E-state index in [1.54, 1.807) is 9.80 Å². The lowest BCUT2D eigenvalue weighted by molar-refractivity contribution is -0.137. The van der Waals surface area contributed by atoms with Gasteiger partial charge in [0, 0.05) is 31.6 Å². The van der Waals surface area contributed by atoms with Crippen LogP contribution in [-0.2, 0) is 4.79 Å². The predicted molar refractivity (Wildman–Crippen MR) is 80.2 cm³/mol. The normalized spacial score (nSPS) is 15.4. The number of aliphatic hydroxyl groups is 1. The number of amides is 2. The SMILES string of the molecule is CC(C)N(CCCC(=O)O)C(=O)N(CCO)C1CCCC1. The second kappa shape index (κ2) is 8.87. The van der Waals surface area contributed by atoms with Crippen LogP contribution in [0.1, 0.15) is 52.4 Å². The molecule has 122 valence electrons. The summed E-state index contributed by atoms with van der Waals surface area (Å²) < 4.78 is 0. The fourth-order valence-corrected chi connectivity index (χ4v) is 2.90. The van der Waals surface area contributed by atoms with Crippen molar-refractivity contribution >= 4 is 12.0 Å². The lowest BCUT2D eigenvalue weighted by atomic mass is 10.2. The molecule has 0 spiro atoms. The first-order valence-corrected chi connectivity index (χ1v) is 7.87. The first-order chi connectivity index (χ1) is 9.97. The molecule has 0 aromatic rings. The Morgan fingerprint density at radius 2 is 1.81 bits per heavy atom. The van der Waals surface area contributed by atoms with Gasteiger partial charge in [0.15, 0.2) is 0 Å². The number of carboxylic acid groups (broad SMARTS) is 1. The van der Waals surface area contributed by atoms with Crippen LogP contribution in [0, 0.1) is 0 Å². The van der Waals surface area contributed by atoms with Crippen LogP contribution >= 0.6 is 0 Å². The van der Waals surface area contributed by atoms with E-state index in [1.807, 2.05) is 13.8 Å². The van der Waals surface area contributed by atoms with Gasteiger partial charge in [0.25, 0.3) is 0 Å². The Morgan fingerprint density at radius 1 is 1.19 bits per heavy atom. The molecule has 0 aliphatic heterocycles. The molecule has 1 aliphatic rings. The molecule has 2 N–H and O–H groups in total. The topological polar surface area (TPSA) is 81.1 Å². The van der Waals surface area contributed by atoms with Gasteiger partial charge in [0.1, 0.15) is 0 Å². The van der Waals surface area contributed by atoms with Crippen molar-refractivity contribution in [1.82, 2.24) is 9.80 Å². The van der Waals surface area contributed by atoms with Gasteiger partial charge in [0.05, 0.1) is 6.61 Å². The second-order valence-electron chi connectivity index (χ2n) is 5.92. The van der Waals surface area contributed by atoms with Crippen LogP contribution in [0.4, 0.5) is 4.79 Å². The van der Waals surface area contributed by atoms with E-state index in [4.69, 9.17) is 5.11 Å². The van der Waals surface area contributed by atoms with Gasteiger partial charge in [-0.25, -0.2) is 4.79 Å². The molecule has 0 atom stereocenters. The average Bonchev–Trinajstić information content (AvgIpc) is 2.93. The maximum Gasteiger partial charge on any atom is 0.320 e. The Labute approximate surface area is 126 Å². The number of urea groups is 1. The lowest BCUT2D eigenvalue weighted by Crippen LogP contribution is -2.51. The molecule has 1 aliphatic carbocycles. The number of aliphatic carboxylic acids is 1. The molecule has 0 unspecified atom stereocenters. The second-order valence-corrected chi connectivity index (χ2v) is 5.92. The third-order valence-electron chi connectivity index (χ3n) is 4.01. The molecule has 0 aromatic carbocycles. The van der Waals surface area contributed by atoms with Gasteiger partial charge >= 0.3 is 12.0 Å². The minimum atomic E-state index is -0.839. The molecule has 0 aromatic heterocycles. The van der Waals surface area contributed by atoms with E-state index in [0.717, 1.165) is 25.7 Å². The highest BCUT2D eigenvalue weighted by molar-refractivity contribution is 5.75.